The number of hydrogen-bond acceptors (Lipinski definition) is 10. The summed E-state index contributed by atoms with van der Waals surface area (Å²) in [7, 11) is -4.53. The van der Waals surface area contributed by atoms with Gasteiger partial charge in [-0.2, -0.15) is 12.6 Å². The molecule has 12 heteroatoms. The van der Waals surface area contributed by atoms with Crippen molar-refractivity contribution < 1.29 is 42.7 Å². The Morgan fingerprint density at radius 2 is 1.13 bits per heavy atom. The Labute approximate surface area is 341 Å². The molecule has 0 saturated heterocycles. The SMILES string of the molecule is CCCCCCCCCCCCCCCC(=O)OC[C@H](COP(=O)(O)OCCN=C([O-])CCS)OC(=O)CCCCCCC[C@@H]1C[C@@H]1CCCCCCCC. The fraction of sp³-hybridized carbons (Fsp3) is 0.930. The molecule has 0 aromatic heterocycles. The van der Waals surface area contributed by atoms with E-state index in [9.17, 15) is 24.2 Å². The zero-order valence-electron chi connectivity index (χ0n) is 35.0. The maximum absolute atomic E-state index is 12.7. The summed E-state index contributed by atoms with van der Waals surface area (Å²) < 4.78 is 33.4. The van der Waals surface area contributed by atoms with Crippen molar-refractivity contribution in [2.24, 2.45) is 16.8 Å². The molecule has 1 aliphatic carbocycles. The average Bonchev–Trinajstić information content (AvgIpc) is 3.92. The maximum Gasteiger partial charge on any atom is 0.472 e. The molecule has 0 bridgehead atoms. The van der Waals surface area contributed by atoms with E-state index in [0.717, 1.165) is 43.9 Å². The monoisotopic (exact) mass is 819 g/mol. The summed E-state index contributed by atoms with van der Waals surface area (Å²) in [4.78, 5) is 39.0. The van der Waals surface area contributed by atoms with Gasteiger partial charge < -0.3 is 24.5 Å². The number of phosphoric acid groups is 1. The van der Waals surface area contributed by atoms with Gasteiger partial charge in [-0.1, -0.05) is 168 Å². The molecule has 324 valence electrons. The predicted octanol–water partition coefficient (Wildman–Crippen LogP) is 11.3. The molecule has 0 aromatic rings. The van der Waals surface area contributed by atoms with Crippen LogP contribution in [-0.4, -0.2) is 61.0 Å². The van der Waals surface area contributed by atoms with Crippen LogP contribution in [0.2, 0.25) is 0 Å². The van der Waals surface area contributed by atoms with Gasteiger partial charge in [0, 0.05) is 12.8 Å². The number of esters is 2. The number of carbonyl (C=O) groups is 2. The van der Waals surface area contributed by atoms with Gasteiger partial charge in [0.2, 0.25) is 0 Å². The minimum Gasteiger partial charge on any atom is -0.862 e. The van der Waals surface area contributed by atoms with Gasteiger partial charge in [-0.3, -0.25) is 18.6 Å². The third-order valence-electron chi connectivity index (χ3n) is 10.5. The van der Waals surface area contributed by atoms with E-state index in [1.54, 1.807) is 0 Å². The van der Waals surface area contributed by atoms with Gasteiger partial charge in [0.05, 0.1) is 19.8 Å². The number of aliphatic imine (C=N–C) groups is 1. The van der Waals surface area contributed by atoms with Crippen LogP contribution in [0.5, 0.6) is 0 Å². The highest BCUT2D eigenvalue weighted by molar-refractivity contribution is 7.80. The smallest absolute Gasteiger partial charge is 0.472 e. The number of thiol groups is 1. The van der Waals surface area contributed by atoms with Crippen LogP contribution in [0.25, 0.3) is 0 Å². The first kappa shape index (κ1) is 51.9. The minimum absolute atomic E-state index is 0.101. The summed E-state index contributed by atoms with van der Waals surface area (Å²) >= 11 is 3.98. The number of phosphoric ester groups is 1. The minimum atomic E-state index is -4.53. The molecule has 0 aromatic carbocycles. The number of carbonyl (C=O) groups excluding carboxylic acids is 2. The van der Waals surface area contributed by atoms with Crippen molar-refractivity contribution in [3.05, 3.63) is 0 Å². The van der Waals surface area contributed by atoms with Gasteiger partial charge in [0.15, 0.2) is 6.10 Å². The summed E-state index contributed by atoms with van der Waals surface area (Å²) in [5.41, 5.74) is 0. The van der Waals surface area contributed by atoms with Crippen molar-refractivity contribution in [2.75, 3.05) is 32.1 Å². The number of rotatable bonds is 41. The Hall–Kier alpha value is -1.13. The fourth-order valence-electron chi connectivity index (χ4n) is 7.03. The van der Waals surface area contributed by atoms with Gasteiger partial charge in [0.1, 0.15) is 6.61 Å². The third kappa shape index (κ3) is 33.5. The molecule has 1 N–H and O–H groups in total. The fourth-order valence-corrected chi connectivity index (χ4v) is 7.97. The van der Waals surface area contributed by atoms with E-state index in [4.69, 9.17) is 18.5 Å². The number of ether oxygens (including phenoxy) is 2. The molecule has 1 saturated carbocycles. The van der Waals surface area contributed by atoms with Crippen molar-refractivity contribution in [1.29, 1.82) is 0 Å². The van der Waals surface area contributed by atoms with E-state index in [0.29, 0.717) is 12.2 Å². The summed E-state index contributed by atoms with van der Waals surface area (Å²) in [6.45, 7) is 3.34. The molecule has 55 heavy (non-hydrogen) atoms. The number of unbranched alkanes of at least 4 members (excludes halogenated alkanes) is 21. The van der Waals surface area contributed by atoms with Crippen molar-refractivity contribution in [3.8, 4) is 0 Å². The van der Waals surface area contributed by atoms with Crippen LogP contribution in [-0.2, 0) is 32.7 Å². The molecule has 10 nitrogen and oxygen atoms in total. The average molecular weight is 819 g/mol. The van der Waals surface area contributed by atoms with E-state index in [2.05, 4.69) is 31.5 Å². The molecule has 4 atom stereocenters. The van der Waals surface area contributed by atoms with Crippen LogP contribution in [0.4, 0.5) is 0 Å². The van der Waals surface area contributed by atoms with Crippen molar-refractivity contribution in [1.82, 2.24) is 0 Å². The normalized spacial score (nSPS) is 17.2. The molecule has 0 amide bonds. The van der Waals surface area contributed by atoms with Crippen molar-refractivity contribution in [3.63, 3.8) is 0 Å². The molecule has 1 rings (SSSR count). The number of nitrogens with zero attached hydrogens (tertiary/aromatic N) is 1. The summed E-state index contributed by atoms with van der Waals surface area (Å²) in [5, 5.41) is 11.5. The van der Waals surface area contributed by atoms with Gasteiger partial charge in [-0.05, 0) is 49.2 Å². The van der Waals surface area contributed by atoms with E-state index in [-0.39, 0.29) is 44.9 Å². The Morgan fingerprint density at radius 1 is 0.673 bits per heavy atom. The third-order valence-corrected chi connectivity index (χ3v) is 11.8. The van der Waals surface area contributed by atoms with Crippen LogP contribution < -0.4 is 5.11 Å². The Bertz CT molecular complexity index is 1020. The first-order chi connectivity index (χ1) is 26.7. The largest absolute Gasteiger partial charge is 0.862 e. The number of hydrogen-bond donors (Lipinski definition) is 2. The Kier molecular flexibility index (Phi) is 34.0. The van der Waals surface area contributed by atoms with Gasteiger partial charge >= 0.3 is 19.8 Å². The molecule has 0 aliphatic heterocycles. The van der Waals surface area contributed by atoms with E-state index >= 15 is 0 Å². The highest BCUT2D eigenvalue weighted by Crippen LogP contribution is 2.46. The molecular weight excluding hydrogens is 738 g/mol. The van der Waals surface area contributed by atoms with Gasteiger partial charge in [-0.25, -0.2) is 4.57 Å². The van der Waals surface area contributed by atoms with Crippen molar-refractivity contribution >= 4 is 38.3 Å². The molecule has 0 heterocycles. The highest BCUT2D eigenvalue weighted by Gasteiger charge is 2.35. The van der Waals surface area contributed by atoms with Crippen molar-refractivity contribution in [2.45, 2.75) is 213 Å². The Balaban J connectivity index is 2.32. The first-order valence-corrected chi connectivity index (χ1v) is 24.6. The summed E-state index contributed by atoms with van der Waals surface area (Å²) in [6.07, 6.45) is 32.8. The molecular formula is C43H81NO9PS-. The highest BCUT2D eigenvalue weighted by atomic mass is 32.1. The van der Waals surface area contributed by atoms with E-state index < -0.39 is 32.5 Å². The maximum atomic E-state index is 12.7. The summed E-state index contributed by atoms with van der Waals surface area (Å²) in [5.74, 6) is 0.999. The van der Waals surface area contributed by atoms with Crippen LogP contribution in [0, 0.1) is 11.8 Å². The van der Waals surface area contributed by atoms with E-state index in [1.165, 1.54) is 135 Å². The lowest BCUT2D eigenvalue weighted by Gasteiger charge is -2.20. The van der Waals surface area contributed by atoms with E-state index in [1.807, 2.05) is 0 Å². The standard InChI is InChI=1S/C43H82NO9PS/c1-3-5-7-9-11-12-13-14-15-16-17-21-25-29-42(46)50-36-40(37-52-54(48,49)51-33-32-44-41(45)31-34-55)53-43(47)30-26-22-18-20-24-28-39-35-38(39)27-23-19-10-8-6-4-2/h38-40,55H,3-37H2,1-2H3,(H,44,45)(H,48,49)/p-1/t38-,39+,40+/m0/s1. The first-order valence-electron chi connectivity index (χ1n) is 22.5. The zero-order valence-corrected chi connectivity index (χ0v) is 36.8. The molecule has 1 aliphatic rings. The molecule has 0 radical (unpaired) electrons. The van der Waals surface area contributed by atoms with Gasteiger partial charge in [-0.15, -0.1) is 0 Å². The quantitative estimate of drug-likeness (QED) is 0.0154. The second-order valence-electron chi connectivity index (χ2n) is 15.8. The lowest BCUT2D eigenvalue weighted by Crippen LogP contribution is -2.29. The lowest BCUT2D eigenvalue weighted by atomic mass is 10.0. The zero-order chi connectivity index (χ0) is 40.2. The summed E-state index contributed by atoms with van der Waals surface area (Å²) in [6, 6.07) is 0. The second-order valence-corrected chi connectivity index (χ2v) is 17.7. The second kappa shape index (κ2) is 36.0. The topological polar surface area (TPSA) is 144 Å². The Morgan fingerprint density at radius 3 is 1.62 bits per heavy atom. The molecule has 1 unspecified atom stereocenters. The van der Waals surface area contributed by atoms with Crippen LogP contribution in [0.15, 0.2) is 4.99 Å². The van der Waals surface area contributed by atoms with Crippen LogP contribution in [0.1, 0.15) is 206 Å². The molecule has 0 spiro atoms. The van der Waals surface area contributed by atoms with Crippen LogP contribution in [0.3, 0.4) is 0 Å². The predicted molar refractivity (Wildman–Crippen MR) is 226 cm³/mol. The molecule has 1 fully saturated rings. The van der Waals surface area contributed by atoms with Crippen LogP contribution >= 0.6 is 20.5 Å². The lowest BCUT2D eigenvalue weighted by molar-refractivity contribution is -0.218. The van der Waals surface area contributed by atoms with Gasteiger partial charge in [0.25, 0.3) is 0 Å².